The van der Waals surface area contributed by atoms with E-state index in [1.54, 1.807) is 11.8 Å². The summed E-state index contributed by atoms with van der Waals surface area (Å²) in [6.07, 6.45) is -2.02. The molecular formula is C13H15F3N2O2. The summed E-state index contributed by atoms with van der Waals surface area (Å²) >= 11 is 0. The predicted octanol–water partition coefficient (Wildman–Crippen LogP) is 2.63. The van der Waals surface area contributed by atoms with E-state index in [-0.39, 0.29) is 12.4 Å². The summed E-state index contributed by atoms with van der Waals surface area (Å²) < 4.78 is 43.0. The van der Waals surface area contributed by atoms with Gasteiger partial charge in [0.15, 0.2) is 0 Å². The van der Waals surface area contributed by atoms with Gasteiger partial charge in [0.1, 0.15) is 11.9 Å². The van der Waals surface area contributed by atoms with Crippen LogP contribution in [0.2, 0.25) is 0 Å². The van der Waals surface area contributed by atoms with Crippen LogP contribution in [0.3, 0.4) is 0 Å². The molecular weight excluding hydrogens is 273 g/mol. The van der Waals surface area contributed by atoms with Crippen molar-refractivity contribution in [3.05, 3.63) is 23.9 Å². The van der Waals surface area contributed by atoms with Crippen LogP contribution in [0.5, 0.6) is 0 Å². The fraction of sp³-hybridized carbons (Fsp3) is 0.538. The quantitative estimate of drug-likeness (QED) is 0.802. The third-order valence-electron chi connectivity index (χ3n) is 3.18. The van der Waals surface area contributed by atoms with Crippen molar-refractivity contribution in [1.82, 2.24) is 4.98 Å². The highest BCUT2D eigenvalue weighted by molar-refractivity contribution is 5.80. The molecule has 20 heavy (non-hydrogen) atoms. The predicted molar refractivity (Wildman–Crippen MR) is 66.2 cm³/mol. The number of esters is 1. The van der Waals surface area contributed by atoms with Gasteiger partial charge >= 0.3 is 12.1 Å². The van der Waals surface area contributed by atoms with E-state index >= 15 is 0 Å². The van der Waals surface area contributed by atoms with Crippen LogP contribution in [0.15, 0.2) is 18.3 Å². The summed E-state index contributed by atoms with van der Waals surface area (Å²) in [5.74, 6) is -0.250. The minimum absolute atomic E-state index is 0.162. The van der Waals surface area contributed by atoms with Crippen LogP contribution in [0.25, 0.3) is 0 Å². The van der Waals surface area contributed by atoms with Crippen molar-refractivity contribution in [3.63, 3.8) is 0 Å². The van der Waals surface area contributed by atoms with Crippen molar-refractivity contribution in [2.45, 2.75) is 32.0 Å². The summed E-state index contributed by atoms with van der Waals surface area (Å²) in [5, 5.41) is 0. The summed E-state index contributed by atoms with van der Waals surface area (Å²) in [7, 11) is 0. The maximum Gasteiger partial charge on any atom is 0.416 e. The molecule has 0 aromatic carbocycles. The van der Waals surface area contributed by atoms with Gasteiger partial charge in [0, 0.05) is 12.7 Å². The van der Waals surface area contributed by atoms with E-state index in [0.717, 1.165) is 24.8 Å². The molecule has 1 saturated heterocycles. The van der Waals surface area contributed by atoms with Crippen LogP contribution in [0, 0.1) is 0 Å². The highest BCUT2D eigenvalue weighted by Crippen LogP contribution is 2.32. The molecule has 0 aliphatic carbocycles. The second-order valence-corrected chi connectivity index (χ2v) is 4.50. The maximum absolute atomic E-state index is 12.7. The van der Waals surface area contributed by atoms with Crippen LogP contribution in [0.1, 0.15) is 25.3 Å². The Kier molecular flexibility index (Phi) is 4.15. The molecule has 2 rings (SSSR count). The standard InChI is InChI=1S/C13H15F3N2O2/c1-2-20-12(19)10-4-3-7-18(10)11-8-9(5-6-17-11)13(14,15)16/h5-6,8,10H,2-4,7H2,1H3. The first kappa shape index (κ1) is 14.6. The van der Waals surface area contributed by atoms with Crippen LogP contribution in [-0.4, -0.2) is 30.1 Å². The number of halogens is 3. The largest absolute Gasteiger partial charge is 0.464 e. The molecule has 1 aromatic rings. The molecule has 1 aromatic heterocycles. The monoisotopic (exact) mass is 288 g/mol. The number of anilines is 1. The van der Waals surface area contributed by atoms with Gasteiger partial charge in [-0.3, -0.25) is 0 Å². The van der Waals surface area contributed by atoms with Crippen molar-refractivity contribution < 1.29 is 22.7 Å². The molecule has 0 spiro atoms. The molecule has 0 amide bonds. The third kappa shape index (κ3) is 3.02. The van der Waals surface area contributed by atoms with Gasteiger partial charge in [-0.2, -0.15) is 13.2 Å². The topological polar surface area (TPSA) is 42.4 Å². The van der Waals surface area contributed by atoms with Gasteiger partial charge in [-0.25, -0.2) is 9.78 Å². The Morgan fingerprint density at radius 2 is 2.30 bits per heavy atom. The van der Waals surface area contributed by atoms with Gasteiger partial charge in [0.2, 0.25) is 0 Å². The molecule has 1 aliphatic rings. The maximum atomic E-state index is 12.7. The number of ether oxygens (including phenoxy) is 1. The molecule has 0 radical (unpaired) electrons. The first-order valence-electron chi connectivity index (χ1n) is 6.40. The molecule has 1 atom stereocenters. The first-order valence-corrected chi connectivity index (χ1v) is 6.40. The minimum atomic E-state index is -4.42. The highest BCUT2D eigenvalue weighted by Gasteiger charge is 2.35. The number of aromatic nitrogens is 1. The van der Waals surface area contributed by atoms with E-state index in [9.17, 15) is 18.0 Å². The van der Waals surface area contributed by atoms with Crippen molar-refractivity contribution in [1.29, 1.82) is 0 Å². The molecule has 0 bridgehead atoms. The average Bonchev–Trinajstić information content (AvgIpc) is 2.87. The van der Waals surface area contributed by atoms with E-state index in [1.807, 2.05) is 0 Å². The van der Waals surface area contributed by atoms with Crippen molar-refractivity contribution in [2.24, 2.45) is 0 Å². The Morgan fingerprint density at radius 1 is 1.55 bits per heavy atom. The van der Waals surface area contributed by atoms with E-state index in [1.165, 1.54) is 0 Å². The average molecular weight is 288 g/mol. The van der Waals surface area contributed by atoms with Crippen molar-refractivity contribution in [3.8, 4) is 0 Å². The lowest BCUT2D eigenvalue weighted by atomic mass is 10.2. The lowest BCUT2D eigenvalue weighted by Crippen LogP contribution is -2.38. The SMILES string of the molecule is CCOC(=O)C1CCCN1c1cc(C(F)(F)F)ccn1. The molecule has 1 aliphatic heterocycles. The van der Waals surface area contributed by atoms with E-state index in [2.05, 4.69) is 4.98 Å². The molecule has 1 unspecified atom stereocenters. The first-order chi connectivity index (χ1) is 9.43. The Bertz CT molecular complexity index is 491. The normalized spacial score (nSPS) is 19.2. The highest BCUT2D eigenvalue weighted by atomic mass is 19.4. The fourth-order valence-corrected chi connectivity index (χ4v) is 2.28. The summed E-state index contributed by atoms with van der Waals surface area (Å²) in [4.78, 5) is 17.3. The number of alkyl halides is 3. The van der Waals surface area contributed by atoms with Crippen LogP contribution in [-0.2, 0) is 15.7 Å². The van der Waals surface area contributed by atoms with Gasteiger partial charge in [-0.15, -0.1) is 0 Å². The Balaban J connectivity index is 2.24. The van der Waals surface area contributed by atoms with Crippen molar-refractivity contribution in [2.75, 3.05) is 18.1 Å². The number of hydrogen-bond acceptors (Lipinski definition) is 4. The van der Waals surface area contributed by atoms with E-state index in [0.29, 0.717) is 13.0 Å². The summed E-state index contributed by atoms with van der Waals surface area (Å²) in [6, 6.07) is 1.34. The Hall–Kier alpha value is -1.79. The van der Waals surface area contributed by atoms with E-state index < -0.39 is 23.8 Å². The summed E-state index contributed by atoms with van der Waals surface area (Å²) in [6.45, 7) is 2.44. The van der Waals surface area contributed by atoms with Gasteiger partial charge < -0.3 is 9.64 Å². The molecule has 0 saturated carbocycles. The minimum Gasteiger partial charge on any atom is -0.464 e. The smallest absolute Gasteiger partial charge is 0.416 e. The van der Waals surface area contributed by atoms with Gasteiger partial charge in [0.25, 0.3) is 0 Å². The number of rotatable bonds is 3. The Labute approximate surface area is 114 Å². The lowest BCUT2D eigenvalue weighted by molar-refractivity contribution is -0.144. The number of carbonyl (C=O) groups excluding carboxylic acids is 1. The Morgan fingerprint density at radius 3 is 2.95 bits per heavy atom. The molecule has 7 heteroatoms. The zero-order valence-electron chi connectivity index (χ0n) is 11.0. The van der Waals surface area contributed by atoms with Crippen LogP contribution < -0.4 is 4.90 Å². The zero-order valence-corrected chi connectivity index (χ0v) is 11.0. The molecule has 0 N–H and O–H groups in total. The molecule has 4 nitrogen and oxygen atoms in total. The van der Waals surface area contributed by atoms with Gasteiger partial charge in [-0.1, -0.05) is 0 Å². The number of pyridine rings is 1. The number of carbonyl (C=O) groups is 1. The lowest BCUT2D eigenvalue weighted by Gasteiger charge is -2.24. The molecule has 110 valence electrons. The second-order valence-electron chi connectivity index (χ2n) is 4.50. The van der Waals surface area contributed by atoms with E-state index in [4.69, 9.17) is 4.74 Å². The van der Waals surface area contributed by atoms with Crippen LogP contribution >= 0.6 is 0 Å². The molecule has 2 heterocycles. The molecule has 1 fully saturated rings. The second kappa shape index (κ2) is 5.68. The van der Waals surface area contributed by atoms with Gasteiger partial charge in [-0.05, 0) is 31.9 Å². The third-order valence-corrected chi connectivity index (χ3v) is 3.18. The zero-order chi connectivity index (χ0) is 14.8. The fourth-order valence-electron chi connectivity index (χ4n) is 2.28. The number of nitrogens with zero attached hydrogens (tertiary/aromatic N) is 2. The number of hydrogen-bond donors (Lipinski definition) is 0. The summed E-state index contributed by atoms with van der Waals surface area (Å²) in [5.41, 5.74) is -0.767. The van der Waals surface area contributed by atoms with Crippen molar-refractivity contribution >= 4 is 11.8 Å². The van der Waals surface area contributed by atoms with Gasteiger partial charge in [0.05, 0.1) is 12.2 Å². The van der Waals surface area contributed by atoms with Crippen LogP contribution in [0.4, 0.5) is 19.0 Å².